The van der Waals surface area contributed by atoms with Gasteiger partial charge in [-0.3, -0.25) is 4.79 Å². The first-order valence-electron chi connectivity index (χ1n) is 8.99. The van der Waals surface area contributed by atoms with Crippen LogP contribution < -0.4 is 9.64 Å². The average molecular weight is 374 g/mol. The molecule has 5 nitrogen and oxygen atoms in total. The number of carbonyl (C=O) groups excluding carboxylic acids is 1. The van der Waals surface area contributed by atoms with E-state index in [1.165, 1.54) is 6.42 Å². The summed E-state index contributed by atoms with van der Waals surface area (Å²) < 4.78 is 5.69. The Morgan fingerprint density at radius 2 is 1.92 bits per heavy atom. The fourth-order valence-corrected chi connectivity index (χ4v) is 3.19. The van der Waals surface area contributed by atoms with Crippen LogP contribution in [0.3, 0.4) is 0 Å². The number of benzene rings is 1. The molecule has 1 aromatic carbocycles. The molecule has 2 heterocycles. The zero-order chi connectivity index (χ0) is 18.4. The standard InChI is InChI=1S/C20H24ClN3O2/c1-23(14-15-26-17-9-7-16(21)8-10-17)20(25)18-6-5-11-22-19(18)24-12-3-2-4-13-24/h5-11H,2-4,12-15H2,1H3. The highest BCUT2D eigenvalue weighted by Crippen LogP contribution is 2.22. The second kappa shape index (κ2) is 8.90. The maximum atomic E-state index is 12.9. The quantitative estimate of drug-likeness (QED) is 0.771. The van der Waals surface area contributed by atoms with Gasteiger partial charge >= 0.3 is 0 Å². The second-order valence-corrected chi connectivity index (χ2v) is 6.89. The third kappa shape index (κ3) is 4.67. The number of carbonyl (C=O) groups is 1. The number of ether oxygens (including phenoxy) is 1. The van der Waals surface area contributed by atoms with E-state index in [9.17, 15) is 4.79 Å². The molecule has 0 saturated carbocycles. The fraction of sp³-hybridized carbons (Fsp3) is 0.400. The van der Waals surface area contributed by atoms with E-state index in [2.05, 4.69) is 9.88 Å². The Balaban J connectivity index is 1.60. The molecule has 0 N–H and O–H groups in total. The summed E-state index contributed by atoms with van der Waals surface area (Å²) in [6.45, 7) is 2.83. The Kier molecular flexibility index (Phi) is 6.34. The summed E-state index contributed by atoms with van der Waals surface area (Å²) in [4.78, 5) is 21.3. The molecule has 3 rings (SSSR count). The number of amides is 1. The van der Waals surface area contributed by atoms with Gasteiger partial charge in [0.25, 0.3) is 5.91 Å². The minimum atomic E-state index is -0.0293. The molecule has 0 radical (unpaired) electrons. The van der Waals surface area contributed by atoms with Crippen LogP contribution in [0.4, 0.5) is 5.82 Å². The van der Waals surface area contributed by atoms with E-state index >= 15 is 0 Å². The number of hydrogen-bond acceptors (Lipinski definition) is 4. The number of pyridine rings is 1. The van der Waals surface area contributed by atoms with E-state index in [0.717, 1.165) is 37.5 Å². The Morgan fingerprint density at radius 1 is 1.19 bits per heavy atom. The predicted octanol–water partition coefficient (Wildman–Crippen LogP) is 3.88. The molecule has 1 amide bonds. The van der Waals surface area contributed by atoms with Crippen LogP contribution in [0.5, 0.6) is 5.75 Å². The van der Waals surface area contributed by atoms with E-state index in [1.54, 1.807) is 30.3 Å². The highest BCUT2D eigenvalue weighted by atomic mass is 35.5. The van der Waals surface area contributed by atoms with E-state index in [1.807, 2.05) is 24.3 Å². The highest BCUT2D eigenvalue weighted by Gasteiger charge is 2.21. The van der Waals surface area contributed by atoms with Gasteiger partial charge in [0.2, 0.25) is 0 Å². The van der Waals surface area contributed by atoms with Gasteiger partial charge in [0.15, 0.2) is 0 Å². The van der Waals surface area contributed by atoms with Crippen molar-refractivity contribution < 1.29 is 9.53 Å². The number of anilines is 1. The number of halogens is 1. The minimum Gasteiger partial charge on any atom is -0.492 e. The molecule has 2 aromatic rings. The van der Waals surface area contributed by atoms with Crippen molar-refractivity contribution in [2.75, 3.05) is 38.2 Å². The van der Waals surface area contributed by atoms with Crippen LogP contribution in [0.2, 0.25) is 5.02 Å². The summed E-state index contributed by atoms with van der Waals surface area (Å²) in [6.07, 6.45) is 5.29. The predicted molar refractivity (Wildman–Crippen MR) is 104 cm³/mol. The summed E-state index contributed by atoms with van der Waals surface area (Å²) in [5.41, 5.74) is 0.656. The maximum absolute atomic E-state index is 12.9. The lowest BCUT2D eigenvalue weighted by molar-refractivity contribution is 0.0774. The lowest BCUT2D eigenvalue weighted by Crippen LogP contribution is -2.35. The Morgan fingerprint density at radius 3 is 2.65 bits per heavy atom. The molecular weight excluding hydrogens is 350 g/mol. The van der Waals surface area contributed by atoms with Gasteiger partial charge in [-0.1, -0.05) is 11.6 Å². The van der Waals surface area contributed by atoms with Gasteiger partial charge in [-0.05, 0) is 55.7 Å². The first-order chi connectivity index (χ1) is 12.6. The monoisotopic (exact) mass is 373 g/mol. The average Bonchev–Trinajstić information content (AvgIpc) is 2.69. The smallest absolute Gasteiger partial charge is 0.257 e. The number of hydrogen-bond donors (Lipinski definition) is 0. The van der Waals surface area contributed by atoms with Crippen LogP contribution in [0.15, 0.2) is 42.6 Å². The second-order valence-electron chi connectivity index (χ2n) is 6.45. The third-order valence-corrected chi connectivity index (χ3v) is 4.78. The van der Waals surface area contributed by atoms with E-state index < -0.39 is 0 Å². The van der Waals surface area contributed by atoms with Gasteiger partial charge in [0.05, 0.1) is 12.1 Å². The molecule has 1 saturated heterocycles. The van der Waals surface area contributed by atoms with Gasteiger partial charge in [-0.15, -0.1) is 0 Å². The zero-order valence-corrected chi connectivity index (χ0v) is 15.8. The van der Waals surface area contributed by atoms with Gasteiger partial charge in [0.1, 0.15) is 18.2 Å². The van der Waals surface area contributed by atoms with Gasteiger partial charge in [0, 0.05) is 31.4 Å². The van der Waals surface area contributed by atoms with Crippen LogP contribution in [-0.4, -0.2) is 49.1 Å². The summed E-state index contributed by atoms with van der Waals surface area (Å²) in [7, 11) is 1.79. The van der Waals surface area contributed by atoms with Crippen molar-refractivity contribution in [2.45, 2.75) is 19.3 Å². The van der Waals surface area contributed by atoms with Crippen LogP contribution in [0.25, 0.3) is 0 Å². The van der Waals surface area contributed by atoms with Crippen LogP contribution in [-0.2, 0) is 0 Å². The largest absolute Gasteiger partial charge is 0.492 e. The van der Waals surface area contributed by atoms with Crippen molar-refractivity contribution >= 4 is 23.3 Å². The van der Waals surface area contributed by atoms with Crippen molar-refractivity contribution in [2.24, 2.45) is 0 Å². The fourth-order valence-electron chi connectivity index (χ4n) is 3.06. The lowest BCUT2D eigenvalue weighted by Gasteiger charge is -2.29. The molecule has 1 aromatic heterocycles. The maximum Gasteiger partial charge on any atom is 0.257 e. The molecule has 1 aliphatic heterocycles. The van der Waals surface area contributed by atoms with Crippen molar-refractivity contribution in [3.63, 3.8) is 0 Å². The normalized spacial score (nSPS) is 14.2. The van der Waals surface area contributed by atoms with Gasteiger partial charge in [-0.2, -0.15) is 0 Å². The highest BCUT2D eigenvalue weighted by molar-refractivity contribution is 6.30. The summed E-state index contributed by atoms with van der Waals surface area (Å²) in [6, 6.07) is 10.9. The molecular formula is C20H24ClN3O2. The molecule has 0 aliphatic carbocycles. The van der Waals surface area contributed by atoms with Crippen molar-refractivity contribution in [3.05, 3.63) is 53.2 Å². The molecule has 0 unspecified atom stereocenters. The number of nitrogens with zero attached hydrogens (tertiary/aromatic N) is 3. The van der Waals surface area contributed by atoms with Crippen LogP contribution in [0, 0.1) is 0 Å². The van der Waals surface area contributed by atoms with Crippen molar-refractivity contribution in [1.82, 2.24) is 9.88 Å². The summed E-state index contributed by atoms with van der Waals surface area (Å²) in [5, 5.41) is 0.673. The number of rotatable bonds is 6. The molecule has 0 atom stereocenters. The summed E-state index contributed by atoms with van der Waals surface area (Å²) in [5.74, 6) is 1.51. The zero-order valence-electron chi connectivity index (χ0n) is 15.0. The van der Waals surface area contributed by atoms with Crippen LogP contribution in [0.1, 0.15) is 29.6 Å². The first kappa shape index (κ1) is 18.5. The molecule has 1 aliphatic rings. The van der Waals surface area contributed by atoms with Gasteiger partial charge in [-0.25, -0.2) is 4.98 Å². The Bertz CT molecular complexity index is 730. The molecule has 0 spiro atoms. The molecule has 26 heavy (non-hydrogen) atoms. The van der Waals surface area contributed by atoms with E-state index in [0.29, 0.717) is 23.7 Å². The minimum absolute atomic E-state index is 0.0293. The van der Waals surface area contributed by atoms with Crippen molar-refractivity contribution in [1.29, 1.82) is 0 Å². The number of piperidine rings is 1. The topological polar surface area (TPSA) is 45.7 Å². The lowest BCUT2D eigenvalue weighted by atomic mass is 10.1. The van der Waals surface area contributed by atoms with Gasteiger partial charge < -0.3 is 14.5 Å². The van der Waals surface area contributed by atoms with E-state index in [-0.39, 0.29) is 5.91 Å². The molecule has 6 heteroatoms. The summed E-state index contributed by atoms with van der Waals surface area (Å²) >= 11 is 5.87. The third-order valence-electron chi connectivity index (χ3n) is 4.53. The van der Waals surface area contributed by atoms with Crippen LogP contribution >= 0.6 is 11.6 Å². The Hall–Kier alpha value is -2.27. The SMILES string of the molecule is CN(CCOc1ccc(Cl)cc1)C(=O)c1cccnc1N1CCCCC1. The molecule has 1 fully saturated rings. The number of likely N-dealkylation sites (N-methyl/N-ethyl adjacent to an activating group) is 1. The molecule has 0 bridgehead atoms. The van der Waals surface area contributed by atoms with E-state index in [4.69, 9.17) is 16.3 Å². The first-order valence-corrected chi connectivity index (χ1v) is 9.37. The number of aromatic nitrogens is 1. The Labute approximate surface area is 159 Å². The molecule has 138 valence electrons. The van der Waals surface area contributed by atoms with Crippen molar-refractivity contribution in [3.8, 4) is 5.75 Å².